The molecule has 0 amide bonds. The molecule has 0 saturated heterocycles. The summed E-state index contributed by atoms with van der Waals surface area (Å²) >= 11 is 0. The smallest absolute Gasteiger partial charge is 0.159 e. The number of allylic oxidation sites excluding steroid dienone is 1. The molecule has 0 radical (unpaired) electrons. The maximum absolute atomic E-state index is 6.75. The molecular formula is C56H42N2O. The monoisotopic (exact) mass is 758 g/mol. The van der Waals surface area contributed by atoms with Crippen LogP contribution in [0.2, 0.25) is 0 Å². The van der Waals surface area contributed by atoms with Crippen molar-refractivity contribution in [2.24, 2.45) is 0 Å². The Kier molecular flexibility index (Phi) is 8.06. The highest BCUT2D eigenvalue weighted by atomic mass is 16.3. The maximum Gasteiger partial charge on any atom is 0.159 e. The molecule has 1 aromatic heterocycles. The zero-order valence-corrected chi connectivity index (χ0v) is 33.2. The molecule has 3 heteroatoms. The summed E-state index contributed by atoms with van der Waals surface area (Å²) < 4.78 is 6.75. The van der Waals surface area contributed by atoms with Crippen molar-refractivity contribution >= 4 is 77.6 Å². The number of rotatable bonds is 8. The van der Waals surface area contributed by atoms with Gasteiger partial charge in [-0.3, -0.25) is 0 Å². The topological polar surface area (TPSA) is 19.6 Å². The van der Waals surface area contributed by atoms with E-state index in [2.05, 4.69) is 212 Å². The number of benzene rings is 9. The van der Waals surface area contributed by atoms with Crippen LogP contribution in [0.3, 0.4) is 0 Å². The highest BCUT2D eigenvalue weighted by Crippen LogP contribution is 2.56. The number of nitrogens with zero attached hydrogens (tertiary/aromatic N) is 2. The second-order valence-corrected chi connectivity index (χ2v) is 16.1. The molecule has 11 rings (SSSR count). The molecule has 1 heterocycles. The van der Waals surface area contributed by atoms with Crippen molar-refractivity contribution in [3.63, 3.8) is 0 Å². The van der Waals surface area contributed by atoms with Gasteiger partial charge in [0, 0.05) is 44.0 Å². The molecule has 0 fully saturated rings. The summed E-state index contributed by atoms with van der Waals surface area (Å²) in [4.78, 5) is 4.83. The lowest BCUT2D eigenvalue weighted by molar-refractivity contribution is 0.661. The minimum absolute atomic E-state index is 0.317. The van der Waals surface area contributed by atoms with Gasteiger partial charge in [0.2, 0.25) is 0 Å². The molecular weight excluding hydrogens is 717 g/mol. The first-order chi connectivity index (χ1) is 29.0. The molecule has 10 aromatic rings. The molecule has 9 aromatic carbocycles. The number of anilines is 6. The molecule has 0 unspecified atom stereocenters. The molecule has 1 aliphatic rings. The van der Waals surface area contributed by atoms with Crippen LogP contribution in [0.25, 0.3) is 54.6 Å². The van der Waals surface area contributed by atoms with E-state index in [1.165, 1.54) is 49.4 Å². The van der Waals surface area contributed by atoms with E-state index < -0.39 is 0 Å². The van der Waals surface area contributed by atoms with Crippen LogP contribution in [0.15, 0.2) is 205 Å². The van der Waals surface area contributed by atoms with Crippen LogP contribution in [0.1, 0.15) is 30.5 Å². The van der Waals surface area contributed by atoms with Crippen LogP contribution in [-0.2, 0) is 11.8 Å². The number of furan rings is 1. The molecule has 282 valence electrons. The van der Waals surface area contributed by atoms with Crippen LogP contribution in [-0.4, -0.2) is 0 Å². The van der Waals surface area contributed by atoms with Gasteiger partial charge in [-0.15, -0.1) is 6.58 Å². The van der Waals surface area contributed by atoms with Crippen LogP contribution in [0, 0.1) is 0 Å². The molecule has 59 heavy (non-hydrogen) atoms. The number of hydrogen-bond acceptors (Lipinski definition) is 3. The lowest BCUT2D eigenvalue weighted by Crippen LogP contribution is -2.18. The first kappa shape index (κ1) is 34.9. The lowest BCUT2D eigenvalue weighted by atomic mass is 9.81. The van der Waals surface area contributed by atoms with Crippen molar-refractivity contribution in [2.45, 2.75) is 25.7 Å². The second kappa shape index (κ2) is 13.6. The summed E-state index contributed by atoms with van der Waals surface area (Å²) in [6, 6.07) is 68.2. The van der Waals surface area contributed by atoms with Gasteiger partial charge in [0.15, 0.2) is 5.58 Å². The third-order valence-corrected chi connectivity index (χ3v) is 12.3. The van der Waals surface area contributed by atoms with Gasteiger partial charge in [-0.2, -0.15) is 0 Å². The van der Waals surface area contributed by atoms with Gasteiger partial charge in [-0.1, -0.05) is 147 Å². The fourth-order valence-electron chi connectivity index (χ4n) is 9.59. The van der Waals surface area contributed by atoms with Crippen molar-refractivity contribution in [3.8, 4) is 11.1 Å². The zero-order chi connectivity index (χ0) is 39.7. The Balaban J connectivity index is 1.14. The second-order valence-electron chi connectivity index (χ2n) is 16.1. The van der Waals surface area contributed by atoms with Gasteiger partial charge in [-0.25, -0.2) is 0 Å². The summed E-state index contributed by atoms with van der Waals surface area (Å²) in [5.74, 6) is 0. The molecule has 0 spiro atoms. The molecule has 0 atom stereocenters. The van der Waals surface area contributed by atoms with E-state index in [0.29, 0.717) is 0 Å². The Hall–Kier alpha value is -7.36. The van der Waals surface area contributed by atoms with Crippen molar-refractivity contribution < 1.29 is 4.42 Å². The molecule has 1 aliphatic carbocycles. The van der Waals surface area contributed by atoms with Crippen molar-refractivity contribution in [1.29, 1.82) is 0 Å². The Morgan fingerprint density at radius 3 is 1.98 bits per heavy atom. The third-order valence-electron chi connectivity index (χ3n) is 12.3. The van der Waals surface area contributed by atoms with Crippen molar-refractivity contribution in [1.82, 2.24) is 0 Å². The summed E-state index contributed by atoms with van der Waals surface area (Å²) in [5.41, 5.74) is 14.4. The number of hydrogen-bond donors (Lipinski definition) is 0. The fraction of sp³-hybridized carbons (Fsp3) is 0.0714. The van der Waals surface area contributed by atoms with Crippen LogP contribution >= 0.6 is 0 Å². The molecule has 0 N–H and O–H groups in total. The molecule has 0 aliphatic heterocycles. The first-order valence-corrected chi connectivity index (χ1v) is 20.4. The van der Waals surface area contributed by atoms with Gasteiger partial charge in [0.1, 0.15) is 5.58 Å². The highest BCUT2D eigenvalue weighted by Gasteiger charge is 2.39. The zero-order valence-electron chi connectivity index (χ0n) is 33.2. The predicted molar refractivity (Wildman–Crippen MR) is 250 cm³/mol. The minimum Gasteiger partial charge on any atom is -0.454 e. The fourth-order valence-corrected chi connectivity index (χ4v) is 9.59. The standard InChI is InChI=1S/C56H42N2O/c1-4-17-37-18-14-23-40(34-37)58(51-30-16-28-46-44-26-12-13-31-53(44)59-55(46)51)52-36-49-54(45-27-11-10-25-43(45)52)47-33-32-41(35-48(47)56(49,2)3)57(39-21-6-5-7-22-39)50-29-15-20-38-19-8-9-24-42(38)50/h4-16,18-36H,1,17H2,2-3H3. The van der Waals surface area contributed by atoms with Gasteiger partial charge in [0.05, 0.1) is 17.1 Å². The number of fused-ring (bicyclic) bond motifs is 9. The van der Waals surface area contributed by atoms with E-state index in [0.717, 1.165) is 62.5 Å². The van der Waals surface area contributed by atoms with Crippen molar-refractivity contribution in [3.05, 3.63) is 217 Å². The van der Waals surface area contributed by atoms with Crippen molar-refractivity contribution in [2.75, 3.05) is 9.80 Å². The average molecular weight is 759 g/mol. The quantitative estimate of drug-likeness (QED) is 0.144. The largest absolute Gasteiger partial charge is 0.454 e. The lowest BCUT2D eigenvalue weighted by Gasteiger charge is -2.30. The van der Waals surface area contributed by atoms with E-state index in [9.17, 15) is 0 Å². The highest BCUT2D eigenvalue weighted by molar-refractivity contribution is 6.14. The van der Waals surface area contributed by atoms with E-state index >= 15 is 0 Å². The van der Waals surface area contributed by atoms with Crippen LogP contribution in [0.4, 0.5) is 34.1 Å². The van der Waals surface area contributed by atoms with Gasteiger partial charge >= 0.3 is 0 Å². The van der Waals surface area contributed by atoms with E-state index in [4.69, 9.17) is 4.42 Å². The normalized spacial score (nSPS) is 12.8. The van der Waals surface area contributed by atoms with E-state index in [-0.39, 0.29) is 5.41 Å². The maximum atomic E-state index is 6.75. The summed E-state index contributed by atoms with van der Waals surface area (Å²) in [6.45, 7) is 8.84. The van der Waals surface area contributed by atoms with Crippen LogP contribution in [0.5, 0.6) is 0 Å². The molecule has 0 saturated carbocycles. The summed E-state index contributed by atoms with van der Waals surface area (Å²) in [6.07, 6.45) is 2.76. The summed E-state index contributed by atoms with van der Waals surface area (Å²) in [7, 11) is 0. The molecule has 3 nitrogen and oxygen atoms in total. The predicted octanol–water partition coefficient (Wildman–Crippen LogP) is 15.9. The Bertz CT molecular complexity index is 3260. The average Bonchev–Trinajstić information content (AvgIpc) is 3.77. The Morgan fingerprint density at radius 1 is 0.492 bits per heavy atom. The van der Waals surface area contributed by atoms with E-state index in [1.807, 2.05) is 12.1 Å². The van der Waals surface area contributed by atoms with Crippen LogP contribution < -0.4 is 9.80 Å². The van der Waals surface area contributed by atoms with E-state index in [1.54, 1.807) is 0 Å². The first-order valence-electron chi connectivity index (χ1n) is 20.4. The summed E-state index contributed by atoms with van der Waals surface area (Å²) in [5, 5.41) is 7.07. The van der Waals surface area contributed by atoms with Gasteiger partial charge in [-0.05, 0) is 106 Å². The molecule has 0 bridgehead atoms. The minimum atomic E-state index is -0.317. The van der Waals surface area contributed by atoms with Gasteiger partial charge < -0.3 is 14.2 Å². The van der Waals surface area contributed by atoms with Gasteiger partial charge in [0.25, 0.3) is 0 Å². The Labute approximate surface area is 344 Å². The third kappa shape index (κ3) is 5.50. The number of para-hydroxylation sites is 3. The Morgan fingerprint density at radius 2 is 1.14 bits per heavy atom. The SMILES string of the molecule is C=CCc1cccc(N(c2cc3c(c4ccccc24)-c2ccc(N(c4ccccc4)c4cccc5ccccc45)cc2C3(C)C)c2cccc3c2oc2ccccc23)c1.